The fraction of sp³-hybridized carbons (Fsp3) is 0.235. The van der Waals surface area contributed by atoms with Crippen LogP contribution in [0.4, 0.5) is 15.8 Å². The van der Waals surface area contributed by atoms with Gasteiger partial charge in [-0.15, -0.1) is 0 Å². The van der Waals surface area contributed by atoms with E-state index in [2.05, 4.69) is 6.92 Å². The number of halogens is 1. The summed E-state index contributed by atoms with van der Waals surface area (Å²) in [6, 6.07) is 13.2. The number of nitrogens with zero attached hydrogens (tertiary/aromatic N) is 1. The lowest BCUT2D eigenvalue weighted by Crippen LogP contribution is -2.32. The third-order valence-electron chi connectivity index (χ3n) is 3.29. The van der Waals surface area contributed by atoms with Gasteiger partial charge in [0.05, 0.1) is 5.56 Å². The summed E-state index contributed by atoms with van der Waals surface area (Å²) in [7, 11) is 0. The van der Waals surface area contributed by atoms with Gasteiger partial charge in [-0.25, -0.2) is 4.39 Å². The molecule has 0 aliphatic carbocycles. The van der Waals surface area contributed by atoms with Gasteiger partial charge in [-0.1, -0.05) is 31.5 Å². The zero-order chi connectivity index (χ0) is 15.2. The predicted octanol–water partition coefficient (Wildman–Crippen LogP) is 3.85. The summed E-state index contributed by atoms with van der Waals surface area (Å²) in [6.45, 7) is 2.64. The molecular weight excluding hydrogens is 267 g/mol. The Hall–Kier alpha value is -2.36. The summed E-state index contributed by atoms with van der Waals surface area (Å²) >= 11 is 0. The summed E-state index contributed by atoms with van der Waals surface area (Å²) in [5.41, 5.74) is 7.11. The molecule has 2 rings (SSSR count). The highest BCUT2D eigenvalue weighted by atomic mass is 19.1. The Balaban J connectivity index is 2.36. The second-order valence-corrected chi connectivity index (χ2v) is 4.88. The fourth-order valence-corrected chi connectivity index (χ4v) is 2.13. The van der Waals surface area contributed by atoms with Crippen LogP contribution in [0.2, 0.25) is 0 Å². The third kappa shape index (κ3) is 3.60. The van der Waals surface area contributed by atoms with Crippen LogP contribution < -0.4 is 10.6 Å². The molecule has 0 aliphatic heterocycles. The van der Waals surface area contributed by atoms with Crippen LogP contribution in [-0.2, 0) is 0 Å². The molecule has 4 heteroatoms. The van der Waals surface area contributed by atoms with E-state index in [-0.39, 0.29) is 11.5 Å². The minimum absolute atomic E-state index is 0.204. The molecule has 0 heterocycles. The zero-order valence-electron chi connectivity index (χ0n) is 12.1. The number of carbonyl (C=O) groups is 1. The summed E-state index contributed by atoms with van der Waals surface area (Å²) in [5, 5.41) is 0. The minimum atomic E-state index is -0.462. The standard InChI is InChI=1S/C17H19FN2O/c1-2-3-11-20(14-7-5-4-6-8-14)17(21)15-12-13(18)9-10-16(15)19/h4-10,12H,2-3,11,19H2,1H3. The molecule has 0 unspecified atom stereocenters. The fourth-order valence-electron chi connectivity index (χ4n) is 2.13. The second-order valence-electron chi connectivity index (χ2n) is 4.88. The topological polar surface area (TPSA) is 46.3 Å². The molecule has 0 saturated heterocycles. The molecule has 0 bridgehead atoms. The number of para-hydroxylation sites is 1. The van der Waals surface area contributed by atoms with Crippen LogP contribution in [0.25, 0.3) is 0 Å². The maximum atomic E-state index is 13.4. The van der Waals surface area contributed by atoms with Crippen molar-refractivity contribution in [3.05, 3.63) is 59.9 Å². The van der Waals surface area contributed by atoms with Crippen molar-refractivity contribution in [1.82, 2.24) is 0 Å². The van der Waals surface area contributed by atoms with Crippen molar-refractivity contribution in [1.29, 1.82) is 0 Å². The molecule has 0 aromatic heterocycles. The Kier molecular flexibility index (Phi) is 4.93. The van der Waals surface area contributed by atoms with Crippen molar-refractivity contribution in [3.8, 4) is 0 Å². The largest absolute Gasteiger partial charge is 0.398 e. The smallest absolute Gasteiger partial charge is 0.260 e. The van der Waals surface area contributed by atoms with Crippen LogP contribution in [0.1, 0.15) is 30.1 Å². The third-order valence-corrected chi connectivity index (χ3v) is 3.29. The number of carbonyl (C=O) groups excluding carboxylic acids is 1. The molecule has 0 radical (unpaired) electrons. The van der Waals surface area contributed by atoms with E-state index < -0.39 is 5.82 Å². The van der Waals surface area contributed by atoms with Gasteiger partial charge in [-0.05, 0) is 36.8 Å². The van der Waals surface area contributed by atoms with E-state index in [1.165, 1.54) is 18.2 Å². The summed E-state index contributed by atoms with van der Waals surface area (Å²) in [4.78, 5) is 14.4. The van der Waals surface area contributed by atoms with Crippen LogP contribution >= 0.6 is 0 Å². The Labute approximate surface area is 124 Å². The lowest BCUT2D eigenvalue weighted by atomic mass is 10.1. The molecule has 0 atom stereocenters. The Bertz CT molecular complexity index is 613. The van der Waals surface area contributed by atoms with Crippen LogP contribution in [-0.4, -0.2) is 12.5 Å². The van der Waals surface area contributed by atoms with E-state index >= 15 is 0 Å². The predicted molar refractivity (Wildman–Crippen MR) is 83.8 cm³/mol. The Morgan fingerprint density at radius 2 is 1.90 bits per heavy atom. The van der Waals surface area contributed by atoms with E-state index in [0.717, 1.165) is 18.5 Å². The first-order valence-electron chi connectivity index (χ1n) is 7.05. The molecule has 2 aromatic rings. The molecular formula is C17H19FN2O. The van der Waals surface area contributed by atoms with Crippen molar-refractivity contribution in [2.75, 3.05) is 17.2 Å². The van der Waals surface area contributed by atoms with Crippen LogP contribution in [0.15, 0.2) is 48.5 Å². The average molecular weight is 286 g/mol. The normalized spacial score (nSPS) is 10.4. The number of hydrogen-bond acceptors (Lipinski definition) is 2. The number of benzene rings is 2. The maximum Gasteiger partial charge on any atom is 0.260 e. The van der Waals surface area contributed by atoms with Gasteiger partial charge in [0.1, 0.15) is 5.82 Å². The zero-order valence-corrected chi connectivity index (χ0v) is 12.1. The molecule has 0 spiro atoms. The number of hydrogen-bond donors (Lipinski definition) is 1. The summed E-state index contributed by atoms with van der Waals surface area (Å²) in [5.74, 6) is -0.734. The maximum absolute atomic E-state index is 13.4. The number of rotatable bonds is 5. The molecule has 110 valence electrons. The number of nitrogens with two attached hydrogens (primary N) is 1. The first-order chi connectivity index (χ1) is 10.1. The van der Waals surface area contributed by atoms with Crippen molar-refractivity contribution in [2.24, 2.45) is 0 Å². The molecule has 3 nitrogen and oxygen atoms in total. The highest BCUT2D eigenvalue weighted by molar-refractivity contribution is 6.09. The monoisotopic (exact) mass is 286 g/mol. The van der Waals surface area contributed by atoms with Crippen molar-refractivity contribution in [2.45, 2.75) is 19.8 Å². The van der Waals surface area contributed by atoms with E-state index in [4.69, 9.17) is 5.73 Å². The Morgan fingerprint density at radius 3 is 2.57 bits per heavy atom. The minimum Gasteiger partial charge on any atom is -0.398 e. The van der Waals surface area contributed by atoms with Gasteiger partial charge in [-0.3, -0.25) is 4.79 Å². The SMILES string of the molecule is CCCCN(C(=O)c1cc(F)ccc1N)c1ccccc1. The molecule has 2 aromatic carbocycles. The molecule has 2 N–H and O–H groups in total. The molecule has 1 amide bonds. The highest BCUT2D eigenvalue weighted by Crippen LogP contribution is 2.21. The van der Waals surface area contributed by atoms with E-state index in [1.807, 2.05) is 30.3 Å². The second kappa shape index (κ2) is 6.88. The van der Waals surface area contributed by atoms with Gasteiger partial charge in [0.15, 0.2) is 0 Å². The molecule has 21 heavy (non-hydrogen) atoms. The summed E-state index contributed by atoms with van der Waals surface area (Å²) < 4.78 is 13.4. The Morgan fingerprint density at radius 1 is 1.19 bits per heavy atom. The van der Waals surface area contributed by atoms with Crippen LogP contribution in [0.3, 0.4) is 0 Å². The lowest BCUT2D eigenvalue weighted by Gasteiger charge is -2.23. The van der Waals surface area contributed by atoms with E-state index in [1.54, 1.807) is 4.90 Å². The quantitative estimate of drug-likeness (QED) is 0.848. The van der Waals surface area contributed by atoms with Gasteiger partial charge >= 0.3 is 0 Å². The first-order valence-corrected chi connectivity index (χ1v) is 7.05. The molecule has 0 saturated carbocycles. The number of anilines is 2. The van der Waals surface area contributed by atoms with Gasteiger partial charge in [0.25, 0.3) is 5.91 Å². The summed E-state index contributed by atoms with van der Waals surface area (Å²) in [6.07, 6.45) is 1.84. The van der Waals surface area contributed by atoms with Gasteiger partial charge < -0.3 is 10.6 Å². The van der Waals surface area contributed by atoms with Crippen molar-refractivity contribution < 1.29 is 9.18 Å². The van der Waals surface area contributed by atoms with Crippen molar-refractivity contribution >= 4 is 17.3 Å². The van der Waals surface area contributed by atoms with Crippen LogP contribution in [0.5, 0.6) is 0 Å². The van der Waals surface area contributed by atoms with Crippen molar-refractivity contribution in [3.63, 3.8) is 0 Å². The average Bonchev–Trinajstić information content (AvgIpc) is 2.51. The first kappa shape index (κ1) is 15.0. The number of nitrogen functional groups attached to an aromatic ring is 1. The van der Waals surface area contributed by atoms with Gasteiger partial charge in [-0.2, -0.15) is 0 Å². The molecule has 0 aliphatic rings. The van der Waals surface area contributed by atoms with Gasteiger partial charge in [0, 0.05) is 17.9 Å². The molecule has 0 fully saturated rings. The van der Waals surface area contributed by atoms with Crippen LogP contribution in [0, 0.1) is 5.82 Å². The van der Waals surface area contributed by atoms with E-state index in [0.29, 0.717) is 12.2 Å². The highest BCUT2D eigenvalue weighted by Gasteiger charge is 2.19. The van der Waals surface area contributed by atoms with Gasteiger partial charge in [0.2, 0.25) is 0 Å². The van der Waals surface area contributed by atoms with E-state index in [9.17, 15) is 9.18 Å². The lowest BCUT2D eigenvalue weighted by molar-refractivity contribution is 0.0987. The number of unbranched alkanes of at least 4 members (excludes halogenated alkanes) is 1. The number of amides is 1.